The van der Waals surface area contributed by atoms with Crippen molar-refractivity contribution in [2.75, 3.05) is 26.3 Å². The molecule has 2 aliphatic heterocycles. The van der Waals surface area contributed by atoms with Gasteiger partial charge >= 0.3 is 0 Å². The minimum atomic E-state index is -0.0141. The predicted octanol–water partition coefficient (Wildman–Crippen LogP) is 3.22. The lowest BCUT2D eigenvalue weighted by Gasteiger charge is -2.35. The molecule has 3 N–H and O–H groups in total. The first-order chi connectivity index (χ1) is 14.1. The quantitative estimate of drug-likeness (QED) is 0.719. The van der Waals surface area contributed by atoms with Crippen molar-refractivity contribution in [3.63, 3.8) is 0 Å². The van der Waals surface area contributed by atoms with Crippen molar-refractivity contribution < 1.29 is 9.53 Å². The first kappa shape index (κ1) is 25.8. The first-order valence-corrected chi connectivity index (χ1v) is 10.8. The maximum Gasteiger partial charge on any atom is 0.224 e. The molecule has 0 bridgehead atoms. The summed E-state index contributed by atoms with van der Waals surface area (Å²) in [6, 6.07) is 8.76. The SMILES string of the molecule is Cc1ccc2ncccc2c1CNC(=O)[C@@H]1CC[C@H](N)CN(C2CCOCC2)C1.Cl.Cl. The number of ether oxygens (including phenoxy) is 1. The average molecular weight is 469 g/mol. The minimum Gasteiger partial charge on any atom is -0.381 e. The zero-order valence-electron chi connectivity index (χ0n) is 18.1. The van der Waals surface area contributed by atoms with Gasteiger partial charge in [0.2, 0.25) is 5.91 Å². The Labute approximate surface area is 197 Å². The van der Waals surface area contributed by atoms with Gasteiger partial charge in [-0.15, -0.1) is 24.8 Å². The second-order valence-corrected chi connectivity index (χ2v) is 8.48. The second kappa shape index (κ2) is 12.0. The van der Waals surface area contributed by atoms with Crippen LogP contribution in [0.3, 0.4) is 0 Å². The van der Waals surface area contributed by atoms with E-state index < -0.39 is 0 Å². The molecule has 2 atom stereocenters. The number of amides is 1. The topological polar surface area (TPSA) is 80.5 Å². The molecular weight excluding hydrogens is 435 g/mol. The van der Waals surface area contributed by atoms with Crippen LogP contribution in [0.5, 0.6) is 0 Å². The molecule has 3 heterocycles. The molecule has 4 rings (SSSR count). The van der Waals surface area contributed by atoms with Crippen LogP contribution >= 0.6 is 24.8 Å². The first-order valence-electron chi connectivity index (χ1n) is 10.8. The number of carbonyl (C=O) groups is 1. The van der Waals surface area contributed by atoms with Crippen LogP contribution in [0.2, 0.25) is 0 Å². The molecule has 0 aliphatic carbocycles. The summed E-state index contributed by atoms with van der Waals surface area (Å²) in [6.07, 6.45) is 5.62. The normalized spacial score (nSPS) is 22.8. The summed E-state index contributed by atoms with van der Waals surface area (Å²) in [5.41, 5.74) is 9.62. The monoisotopic (exact) mass is 468 g/mol. The Kier molecular flexibility index (Phi) is 9.97. The lowest BCUT2D eigenvalue weighted by molar-refractivity contribution is -0.126. The summed E-state index contributed by atoms with van der Waals surface area (Å²) in [7, 11) is 0. The fourth-order valence-corrected chi connectivity index (χ4v) is 4.70. The Hall–Kier alpha value is -1.44. The highest BCUT2D eigenvalue weighted by Crippen LogP contribution is 2.24. The van der Waals surface area contributed by atoms with Crippen molar-refractivity contribution in [1.82, 2.24) is 15.2 Å². The van der Waals surface area contributed by atoms with Crippen molar-refractivity contribution in [2.24, 2.45) is 11.7 Å². The molecule has 2 aromatic rings. The molecule has 0 saturated carbocycles. The van der Waals surface area contributed by atoms with Crippen LogP contribution in [-0.2, 0) is 16.1 Å². The third-order valence-electron chi connectivity index (χ3n) is 6.46. The number of fused-ring (bicyclic) bond motifs is 1. The zero-order valence-corrected chi connectivity index (χ0v) is 19.7. The van der Waals surface area contributed by atoms with Gasteiger partial charge in [-0.2, -0.15) is 0 Å². The van der Waals surface area contributed by atoms with E-state index in [1.807, 2.05) is 12.1 Å². The summed E-state index contributed by atoms with van der Waals surface area (Å²) in [4.78, 5) is 20.0. The third kappa shape index (κ3) is 6.30. The maximum atomic E-state index is 13.1. The Bertz CT molecular complexity index is 861. The smallest absolute Gasteiger partial charge is 0.224 e. The standard InChI is InChI=1S/C23H32N4O2.2ClH/c1-16-4-7-22-20(3-2-10-25-22)21(16)13-26-23(28)17-5-6-18(24)15-27(14-17)19-8-11-29-12-9-19;;/h2-4,7,10,17-19H,5-6,8-9,11-15,24H2,1H3,(H,26,28);2*1H/t17-,18+;;/m1../s1. The zero-order chi connectivity index (χ0) is 20.2. The number of aromatic nitrogens is 1. The lowest BCUT2D eigenvalue weighted by atomic mass is 9.99. The number of benzene rings is 1. The van der Waals surface area contributed by atoms with E-state index in [0.717, 1.165) is 68.5 Å². The van der Waals surface area contributed by atoms with Gasteiger partial charge in [-0.3, -0.25) is 14.7 Å². The number of rotatable bonds is 4. The fourth-order valence-electron chi connectivity index (χ4n) is 4.70. The number of hydrogen-bond acceptors (Lipinski definition) is 5. The van der Waals surface area contributed by atoms with Crippen LogP contribution in [-0.4, -0.2) is 54.2 Å². The molecule has 1 aromatic heterocycles. The largest absolute Gasteiger partial charge is 0.381 e. The van der Waals surface area contributed by atoms with Crippen molar-refractivity contribution in [2.45, 2.75) is 51.2 Å². The highest BCUT2D eigenvalue weighted by molar-refractivity contribution is 5.86. The Balaban J connectivity index is 0.00000171. The highest BCUT2D eigenvalue weighted by atomic mass is 35.5. The Morgan fingerprint density at radius 3 is 2.71 bits per heavy atom. The van der Waals surface area contributed by atoms with Crippen molar-refractivity contribution >= 4 is 41.6 Å². The van der Waals surface area contributed by atoms with E-state index in [-0.39, 0.29) is 42.7 Å². The highest BCUT2D eigenvalue weighted by Gasteiger charge is 2.31. The maximum absolute atomic E-state index is 13.1. The number of nitrogens with zero attached hydrogens (tertiary/aromatic N) is 2. The van der Waals surface area contributed by atoms with E-state index in [9.17, 15) is 4.79 Å². The molecule has 31 heavy (non-hydrogen) atoms. The molecule has 8 heteroatoms. The van der Waals surface area contributed by atoms with E-state index in [4.69, 9.17) is 10.5 Å². The van der Waals surface area contributed by atoms with Gasteiger partial charge in [0.05, 0.1) is 11.4 Å². The molecule has 172 valence electrons. The van der Waals surface area contributed by atoms with Crippen molar-refractivity contribution in [1.29, 1.82) is 0 Å². The fraction of sp³-hybridized carbons (Fsp3) is 0.565. The Morgan fingerprint density at radius 1 is 1.16 bits per heavy atom. The third-order valence-corrected chi connectivity index (χ3v) is 6.46. The number of hydrogen-bond donors (Lipinski definition) is 2. The van der Waals surface area contributed by atoms with Crippen LogP contribution in [0.1, 0.15) is 36.8 Å². The number of likely N-dealkylation sites (tertiary alicyclic amines) is 1. The number of nitrogens with one attached hydrogen (secondary N) is 1. The predicted molar refractivity (Wildman–Crippen MR) is 129 cm³/mol. The van der Waals surface area contributed by atoms with E-state index in [2.05, 4.69) is 34.3 Å². The van der Waals surface area contributed by atoms with Gasteiger partial charge in [0.25, 0.3) is 0 Å². The summed E-state index contributed by atoms with van der Waals surface area (Å²) in [6.45, 7) is 5.91. The molecule has 2 saturated heterocycles. The number of nitrogens with two attached hydrogens (primary N) is 1. The minimum absolute atomic E-state index is 0. The Morgan fingerprint density at radius 2 is 1.94 bits per heavy atom. The molecule has 2 fully saturated rings. The van der Waals surface area contributed by atoms with E-state index >= 15 is 0 Å². The van der Waals surface area contributed by atoms with Crippen molar-refractivity contribution in [3.8, 4) is 0 Å². The summed E-state index contributed by atoms with van der Waals surface area (Å²) in [5.74, 6) is 0.122. The van der Waals surface area contributed by atoms with E-state index in [1.54, 1.807) is 6.20 Å². The molecular formula is C23H34Cl2N4O2. The van der Waals surface area contributed by atoms with Gasteiger partial charge in [-0.05, 0) is 55.9 Å². The molecule has 0 unspecified atom stereocenters. The molecule has 2 aliphatic rings. The lowest BCUT2D eigenvalue weighted by Crippen LogP contribution is -2.47. The molecule has 1 aromatic carbocycles. The number of pyridine rings is 1. The van der Waals surface area contributed by atoms with Gasteiger partial charge in [0.1, 0.15) is 0 Å². The molecule has 0 spiro atoms. The number of aryl methyl sites for hydroxylation is 1. The molecule has 1 amide bonds. The number of halogens is 2. The summed E-state index contributed by atoms with van der Waals surface area (Å²) in [5, 5.41) is 4.32. The average Bonchev–Trinajstić information content (AvgIpc) is 2.95. The van der Waals surface area contributed by atoms with Crippen LogP contribution in [0.15, 0.2) is 30.5 Å². The van der Waals surface area contributed by atoms with Crippen molar-refractivity contribution in [3.05, 3.63) is 41.6 Å². The van der Waals surface area contributed by atoms with Crippen LogP contribution in [0.25, 0.3) is 10.9 Å². The van der Waals surface area contributed by atoms with Gasteiger partial charge in [-0.1, -0.05) is 12.1 Å². The second-order valence-electron chi connectivity index (χ2n) is 8.48. The van der Waals surface area contributed by atoms with Crippen LogP contribution in [0.4, 0.5) is 0 Å². The van der Waals surface area contributed by atoms with Gasteiger partial charge in [0, 0.05) is 56.5 Å². The summed E-state index contributed by atoms with van der Waals surface area (Å²) < 4.78 is 5.51. The van der Waals surface area contributed by atoms with Gasteiger partial charge < -0.3 is 15.8 Å². The molecule has 6 nitrogen and oxygen atoms in total. The van der Waals surface area contributed by atoms with Gasteiger partial charge in [-0.25, -0.2) is 0 Å². The summed E-state index contributed by atoms with van der Waals surface area (Å²) >= 11 is 0. The van der Waals surface area contributed by atoms with Gasteiger partial charge in [0.15, 0.2) is 0 Å². The van der Waals surface area contributed by atoms with Crippen LogP contribution < -0.4 is 11.1 Å². The van der Waals surface area contributed by atoms with Crippen LogP contribution in [0, 0.1) is 12.8 Å². The molecule has 0 radical (unpaired) electrons. The van der Waals surface area contributed by atoms with E-state index in [0.29, 0.717) is 12.6 Å². The number of carbonyl (C=O) groups excluding carboxylic acids is 1. The van der Waals surface area contributed by atoms with E-state index in [1.165, 1.54) is 5.56 Å².